The van der Waals surface area contributed by atoms with Crippen LogP contribution in [0.2, 0.25) is 0 Å². The van der Waals surface area contributed by atoms with E-state index in [1.54, 1.807) is 7.11 Å². The molecule has 21 heavy (non-hydrogen) atoms. The van der Waals surface area contributed by atoms with Gasteiger partial charge in [0.25, 0.3) is 0 Å². The fraction of sp³-hybridized carbons (Fsp3) is 0.667. The van der Waals surface area contributed by atoms with Crippen molar-refractivity contribution in [3.8, 4) is 11.5 Å². The molecule has 0 radical (unpaired) electrons. The Morgan fingerprint density at radius 3 is 2.38 bits per heavy atom. The molecule has 2 N–H and O–H groups in total. The second kappa shape index (κ2) is 6.69. The monoisotopic (exact) mass is 289 g/mol. The molecule has 0 amide bonds. The van der Waals surface area contributed by atoms with Gasteiger partial charge in [0.2, 0.25) is 0 Å². The minimum atomic E-state index is 0.284. The molecule has 2 aliphatic rings. The van der Waals surface area contributed by atoms with Crippen LogP contribution >= 0.6 is 0 Å². The molecule has 2 unspecified atom stereocenters. The molecule has 0 aromatic heterocycles. The Bertz CT molecular complexity index is 468. The first-order chi connectivity index (χ1) is 10.3. The smallest absolute Gasteiger partial charge is 0.161 e. The summed E-state index contributed by atoms with van der Waals surface area (Å²) in [7, 11) is 1.71. The van der Waals surface area contributed by atoms with E-state index in [1.807, 2.05) is 6.07 Å². The Labute approximate surface area is 127 Å². The maximum absolute atomic E-state index is 6.32. The predicted molar refractivity (Wildman–Crippen MR) is 85.1 cm³/mol. The lowest BCUT2D eigenvalue weighted by atomic mass is 9.80. The van der Waals surface area contributed by atoms with Crippen LogP contribution in [0, 0.1) is 0 Å². The first kappa shape index (κ1) is 14.7. The van der Waals surface area contributed by atoms with Crippen molar-refractivity contribution in [2.45, 2.75) is 69.4 Å². The van der Waals surface area contributed by atoms with E-state index >= 15 is 0 Å². The highest BCUT2D eigenvalue weighted by molar-refractivity contribution is 5.44. The number of hydrogen-bond acceptors (Lipinski definition) is 3. The summed E-state index contributed by atoms with van der Waals surface area (Å²) in [5.74, 6) is 2.21. The Morgan fingerprint density at radius 2 is 1.67 bits per heavy atom. The summed E-state index contributed by atoms with van der Waals surface area (Å²) in [6, 6.07) is 6.66. The van der Waals surface area contributed by atoms with Crippen LogP contribution in [0.15, 0.2) is 18.2 Å². The average molecular weight is 289 g/mol. The zero-order valence-corrected chi connectivity index (χ0v) is 13.0. The van der Waals surface area contributed by atoms with Gasteiger partial charge in [0, 0.05) is 6.04 Å². The minimum absolute atomic E-state index is 0.284. The zero-order chi connectivity index (χ0) is 14.7. The number of rotatable bonds is 4. The molecule has 3 heteroatoms. The summed E-state index contributed by atoms with van der Waals surface area (Å²) >= 11 is 0. The highest BCUT2D eigenvalue weighted by atomic mass is 16.5. The highest BCUT2D eigenvalue weighted by Gasteiger charge is 2.25. The summed E-state index contributed by atoms with van der Waals surface area (Å²) in [6.07, 6.45) is 10.1. The first-order valence-electron chi connectivity index (χ1n) is 8.38. The molecule has 2 fully saturated rings. The minimum Gasteiger partial charge on any atom is -0.493 e. The Kier molecular flexibility index (Phi) is 4.69. The van der Waals surface area contributed by atoms with Gasteiger partial charge in [-0.05, 0) is 62.1 Å². The lowest BCUT2D eigenvalue weighted by molar-refractivity contribution is 0.200. The van der Waals surface area contributed by atoms with Crippen LogP contribution < -0.4 is 15.2 Å². The molecular formula is C18H27NO2. The summed E-state index contributed by atoms with van der Waals surface area (Å²) < 4.78 is 11.7. The molecule has 3 nitrogen and oxygen atoms in total. The summed E-state index contributed by atoms with van der Waals surface area (Å²) in [4.78, 5) is 0. The molecule has 0 bridgehead atoms. The number of methoxy groups -OCH3 is 1. The van der Waals surface area contributed by atoms with E-state index in [0.717, 1.165) is 30.8 Å². The van der Waals surface area contributed by atoms with Crippen LogP contribution in [0.5, 0.6) is 11.5 Å². The van der Waals surface area contributed by atoms with Gasteiger partial charge in [-0.1, -0.05) is 18.9 Å². The molecule has 2 atom stereocenters. The predicted octanol–water partition coefficient (Wildman–Crippen LogP) is 4.00. The van der Waals surface area contributed by atoms with E-state index in [-0.39, 0.29) is 6.04 Å². The third kappa shape index (κ3) is 3.34. The van der Waals surface area contributed by atoms with Crippen molar-refractivity contribution < 1.29 is 9.47 Å². The van der Waals surface area contributed by atoms with Gasteiger partial charge >= 0.3 is 0 Å². The maximum atomic E-state index is 6.32. The van der Waals surface area contributed by atoms with Gasteiger partial charge < -0.3 is 15.2 Å². The van der Waals surface area contributed by atoms with Crippen LogP contribution in [0.3, 0.4) is 0 Å². The van der Waals surface area contributed by atoms with Crippen LogP contribution in [-0.2, 0) is 0 Å². The molecule has 0 saturated heterocycles. The molecule has 116 valence electrons. The van der Waals surface area contributed by atoms with Gasteiger partial charge in [-0.3, -0.25) is 0 Å². The number of nitrogens with two attached hydrogens (primary N) is 1. The van der Waals surface area contributed by atoms with Crippen LogP contribution in [0.1, 0.15) is 62.8 Å². The van der Waals surface area contributed by atoms with Gasteiger partial charge in [0.15, 0.2) is 11.5 Å². The SMILES string of the molecule is COc1ccc(C2CCCCC2N)cc1OC1CCCC1. The molecule has 0 heterocycles. The van der Waals surface area contributed by atoms with Crippen molar-refractivity contribution in [2.75, 3.05) is 7.11 Å². The van der Waals surface area contributed by atoms with E-state index in [2.05, 4.69) is 12.1 Å². The third-order valence-corrected chi connectivity index (χ3v) is 5.03. The second-order valence-corrected chi connectivity index (χ2v) is 6.49. The van der Waals surface area contributed by atoms with Crippen molar-refractivity contribution in [2.24, 2.45) is 5.73 Å². The van der Waals surface area contributed by atoms with E-state index < -0.39 is 0 Å². The van der Waals surface area contributed by atoms with Crippen molar-refractivity contribution in [1.82, 2.24) is 0 Å². The van der Waals surface area contributed by atoms with Crippen molar-refractivity contribution in [1.29, 1.82) is 0 Å². The number of hydrogen-bond donors (Lipinski definition) is 1. The van der Waals surface area contributed by atoms with Gasteiger partial charge in [-0.15, -0.1) is 0 Å². The number of benzene rings is 1. The lowest BCUT2D eigenvalue weighted by Crippen LogP contribution is -2.31. The van der Waals surface area contributed by atoms with Crippen LogP contribution in [-0.4, -0.2) is 19.3 Å². The Balaban J connectivity index is 1.81. The fourth-order valence-corrected chi connectivity index (χ4v) is 3.78. The lowest BCUT2D eigenvalue weighted by Gasteiger charge is -2.29. The van der Waals surface area contributed by atoms with Gasteiger partial charge in [-0.2, -0.15) is 0 Å². The van der Waals surface area contributed by atoms with E-state index in [1.165, 1.54) is 37.7 Å². The maximum Gasteiger partial charge on any atom is 0.161 e. The topological polar surface area (TPSA) is 44.5 Å². The molecule has 2 saturated carbocycles. The van der Waals surface area contributed by atoms with Crippen LogP contribution in [0.4, 0.5) is 0 Å². The quantitative estimate of drug-likeness (QED) is 0.911. The molecule has 0 aliphatic heterocycles. The van der Waals surface area contributed by atoms with Gasteiger partial charge in [0.05, 0.1) is 13.2 Å². The molecule has 2 aliphatic carbocycles. The van der Waals surface area contributed by atoms with Gasteiger partial charge in [-0.25, -0.2) is 0 Å². The first-order valence-corrected chi connectivity index (χ1v) is 8.38. The average Bonchev–Trinajstić information content (AvgIpc) is 3.01. The van der Waals surface area contributed by atoms with Crippen molar-refractivity contribution in [3.63, 3.8) is 0 Å². The fourth-order valence-electron chi connectivity index (χ4n) is 3.78. The van der Waals surface area contributed by atoms with Crippen LogP contribution in [0.25, 0.3) is 0 Å². The van der Waals surface area contributed by atoms with E-state index in [9.17, 15) is 0 Å². The molecule has 0 spiro atoms. The van der Waals surface area contributed by atoms with E-state index in [0.29, 0.717) is 12.0 Å². The molecule has 1 aromatic rings. The molecule has 3 rings (SSSR count). The molecular weight excluding hydrogens is 262 g/mol. The zero-order valence-electron chi connectivity index (χ0n) is 13.0. The number of ether oxygens (including phenoxy) is 2. The summed E-state index contributed by atoms with van der Waals surface area (Å²) in [5, 5.41) is 0. The Hall–Kier alpha value is -1.22. The molecule has 1 aromatic carbocycles. The normalized spacial score (nSPS) is 26.8. The summed E-state index contributed by atoms with van der Waals surface area (Å²) in [6.45, 7) is 0. The largest absolute Gasteiger partial charge is 0.493 e. The Morgan fingerprint density at radius 1 is 0.952 bits per heavy atom. The van der Waals surface area contributed by atoms with Crippen molar-refractivity contribution >= 4 is 0 Å². The third-order valence-electron chi connectivity index (χ3n) is 5.03. The highest BCUT2D eigenvalue weighted by Crippen LogP contribution is 2.38. The summed E-state index contributed by atoms with van der Waals surface area (Å²) in [5.41, 5.74) is 7.64. The van der Waals surface area contributed by atoms with Gasteiger partial charge in [0.1, 0.15) is 0 Å². The second-order valence-electron chi connectivity index (χ2n) is 6.49. The van der Waals surface area contributed by atoms with Crippen molar-refractivity contribution in [3.05, 3.63) is 23.8 Å². The standard InChI is InChI=1S/C18H27NO2/c1-20-17-11-10-13(15-8-4-5-9-16(15)19)12-18(17)21-14-6-2-3-7-14/h10-12,14-16H,2-9,19H2,1H3. The van der Waals surface area contributed by atoms with E-state index in [4.69, 9.17) is 15.2 Å².